The lowest BCUT2D eigenvalue weighted by molar-refractivity contribution is -0.151. The smallest absolute Gasteiger partial charge is 0.315 e. The van der Waals surface area contributed by atoms with Gasteiger partial charge in [0.1, 0.15) is 11.9 Å². The molecule has 10 nitrogen and oxygen atoms in total. The molecule has 0 saturated carbocycles. The molecule has 1 rings (SSSR count). The van der Waals surface area contributed by atoms with Gasteiger partial charge in [-0.1, -0.05) is 146 Å². The molecule has 1 aliphatic heterocycles. The summed E-state index contributed by atoms with van der Waals surface area (Å²) in [6.07, 6.45) is 51.9. The minimum absolute atomic E-state index is 0.0597. The second-order valence-electron chi connectivity index (χ2n) is 19.2. The van der Waals surface area contributed by atoms with E-state index in [1.807, 2.05) is 0 Å². The number of hydrogen-bond donors (Lipinski definition) is 0. The molecule has 0 spiro atoms. The Bertz CT molecular complexity index is 1430. The van der Waals surface area contributed by atoms with Gasteiger partial charge in [0.2, 0.25) is 0 Å². The SMILES string of the molecule is CCCC/C=C\C/C=C\CCCCCCCCOC(=O)CSCC(=O)OCCCC(CCCOC(=O)CSCC(=O)CCCCCCCCC/C=C\C/C=C\CCCCC)OC(=O)CCCN1CCCC1. The van der Waals surface area contributed by atoms with Crippen LogP contribution < -0.4 is 0 Å². The van der Waals surface area contributed by atoms with Crippen LogP contribution in [0, 0.1) is 0 Å². The number of ketones is 1. The van der Waals surface area contributed by atoms with E-state index in [4.69, 9.17) is 18.9 Å². The molecule has 1 atom stereocenters. The van der Waals surface area contributed by atoms with Gasteiger partial charge in [-0.3, -0.25) is 24.0 Å². The van der Waals surface area contributed by atoms with Crippen LogP contribution in [-0.4, -0.2) is 103 Å². The van der Waals surface area contributed by atoms with Crippen molar-refractivity contribution in [1.82, 2.24) is 4.90 Å². The first-order valence-electron chi connectivity index (χ1n) is 28.5. The second-order valence-corrected chi connectivity index (χ2v) is 21.1. The number of unbranched alkanes of at least 4 members (excludes halogenated alkanes) is 18. The van der Waals surface area contributed by atoms with Gasteiger partial charge in [0.25, 0.3) is 0 Å². The van der Waals surface area contributed by atoms with E-state index >= 15 is 0 Å². The topological polar surface area (TPSA) is 126 Å². The maximum absolute atomic E-state index is 12.8. The van der Waals surface area contributed by atoms with Gasteiger partial charge < -0.3 is 23.8 Å². The molecule has 0 aromatic rings. The maximum Gasteiger partial charge on any atom is 0.315 e. The molecule has 408 valence electrons. The predicted molar refractivity (Wildman–Crippen MR) is 299 cm³/mol. The third-order valence-corrected chi connectivity index (χ3v) is 14.3. The van der Waals surface area contributed by atoms with Crippen LogP contribution in [0.1, 0.15) is 226 Å². The first kappa shape index (κ1) is 66.2. The molecule has 0 N–H and O–H groups in total. The molecule has 1 aliphatic rings. The molecule has 0 aliphatic carbocycles. The lowest BCUT2D eigenvalue weighted by Crippen LogP contribution is -2.23. The van der Waals surface area contributed by atoms with Crippen molar-refractivity contribution in [3.05, 3.63) is 48.6 Å². The summed E-state index contributed by atoms with van der Waals surface area (Å²) in [6.45, 7) is 8.31. The van der Waals surface area contributed by atoms with Gasteiger partial charge in [0, 0.05) is 12.8 Å². The maximum atomic E-state index is 12.8. The van der Waals surface area contributed by atoms with E-state index < -0.39 is 5.97 Å². The molecular weight excluding hydrogens is 931 g/mol. The van der Waals surface area contributed by atoms with Gasteiger partial charge in [-0.05, 0) is 135 Å². The van der Waals surface area contributed by atoms with Crippen LogP contribution in [0.5, 0.6) is 0 Å². The third-order valence-electron chi connectivity index (χ3n) is 12.4. The van der Waals surface area contributed by atoms with E-state index in [-0.39, 0.29) is 60.3 Å². The molecule has 1 unspecified atom stereocenters. The standard InChI is InChI=1S/C59H101NO9S2/c1-3-5-7-9-11-13-15-17-19-20-21-23-25-27-29-31-33-40-54(61)50-70-51-57(63)67-48-38-41-55(69-56(62)43-37-46-60-44-34-35-45-60)42-39-49-68-59(65)53-71-52-58(64)66-47-36-32-30-28-26-24-22-18-16-14-12-10-8-6-4-2/h10-13,16-19,55H,3-9,14-15,20-53H2,1-2H3/b12-10-,13-11-,18-16-,19-17-. The number of hydrogen-bond acceptors (Lipinski definition) is 12. The Labute approximate surface area is 441 Å². The molecule has 0 aromatic carbocycles. The summed E-state index contributed by atoms with van der Waals surface area (Å²) in [5, 5.41) is 0. The number of esters is 4. The van der Waals surface area contributed by atoms with Crippen molar-refractivity contribution in [1.29, 1.82) is 0 Å². The summed E-state index contributed by atoms with van der Waals surface area (Å²) in [6, 6.07) is 0. The fourth-order valence-electron chi connectivity index (χ4n) is 8.19. The Kier molecular flexibility index (Phi) is 48.5. The van der Waals surface area contributed by atoms with Crippen molar-refractivity contribution in [3.8, 4) is 0 Å². The highest BCUT2D eigenvalue weighted by atomic mass is 32.2. The molecular formula is C59H101NO9S2. The zero-order chi connectivity index (χ0) is 51.3. The lowest BCUT2D eigenvalue weighted by atomic mass is 10.1. The third kappa shape index (κ3) is 47.9. The fourth-order valence-corrected chi connectivity index (χ4v) is 9.52. The summed E-state index contributed by atoms with van der Waals surface area (Å²) in [7, 11) is 0. The summed E-state index contributed by atoms with van der Waals surface area (Å²) < 4.78 is 22.1. The average Bonchev–Trinajstić information content (AvgIpc) is 3.88. The Balaban J connectivity index is 2.16. The first-order valence-corrected chi connectivity index (χ1v) is 30.8. The first-order chi connectivity index (χ1) is 34.8. The molecule has 0 radical (unpaired) electrons. The molecule has 1 fully saturated rings. The van der Waals surface area contributed by atoms with Crippen LogP contribution in [0.3, 0.4) is 0 Å². The van der Waals surface area contributed by atoms with E-state index in [2.05, 4.69) is 67.4 Å². The van der Waals surface area contributed by atoms with Gasteiger partial charge in [-0.25, -0.2) is 0 Å². The molecule has 0 bridgehead atoms. The highest BCUT2D eigenvalue weighted by Gasteiger charge is 2.18. The van der Waals surface area contributed by atoms with Gasteiger partial charge in [0.15, 0.2) is 0 Å². The Morgan fingerprint density at radius 2 is 0.859 bits per heavy atom. The second kappa shape index (κ2) is 52.0. The molecule has 0 amide bonds. The zero-order valence-electron chi connectivity index (χ0n) is 45.0. The Morgan fingerprint density at radius 1 is 0.437 bits per heavy atom. The van der Waals surface area contributed by atoms with Crippen LogP contribution in [0.15, 0.2) is 48.6 Å². The normalized spacial score (nSPS) is 13.5. The average molecular weight is 1030 g/mol. The number of ether oxygens (including phenoxy) is 4. The number of allylic oxidation sites excluding steroid dienone is 8. The highest BCUT2D eigenvalue weighted by molar-refractivity contribution is 8.00. The summed E-state index contributed by atoms with van der Waals surface area (Å²) in [5.74, 6) is -0.509. The summed E-state index contributed by atoms with van der Waals surface area (Å²) in [4.78, 5) is 64.5. The van der Waals surface area contributed by atoms with Crippen molar-refractivity contribution in [2.45, 2.75) is 232 Å². The highest BCUT2D eigenvalue weighted by Crippen LogP contribution is 2.16. The van der Waals surface area contributed by atoms with Crippen molar-refractivity contribution in [2.24, 2.45) is 0 Å². The predicted octanol–water partition coefficient (Wildman–Crippen LogP) is 15.0. The van der Waals surface area contributed by atoms with Crippen molar-refractivity contribution < 1.29 is 42.9 Å². The quantitative estimate of drug-likeness (QED) is 0.0249. The monoisotopic (exact) mass is 1030 g/mol. The number of carbonyl (C=O) groups excluding carboxylic acids is 5. The van der Waals surface area contributed by atoms with Gasteiger partial charge in [-0.15, -0.1) is 23.5 Å². The molecule has 1 saturated heterocycles. The zero-order valence-corrected chi connectivity index (χ0v) is 46.7. The fraction of sp³-hybridized carbons (Fsp3) is 0.780. The van der Waals surface area contributed by atoms with E-state index in [9.17, 15) is 24.0 Å². The largest absolute Gasteiger partial charge is 0.465 e. The summed E-state index contributed by atoms with van der Waals surface area (Å²) >= 11 is 2.49. The number of carbonyl (C=O) groups is 5. The number of nitrogens with zero attached hydrogens (tertiary/aromatic N) is 1. The molecule has 71 heavy (non-hydrogen) atoms. The minimum atomic E-state index is -0.396. The molecule has 1 heterocycles. The lowest BCUT2D eigenvalue weighted by Gasteiger charge is -2.19. The van der Waals surface area contributed by atoms with Gasteiger partial charge in [-0.2, -0.15) is 0 Å². The van der Waals surface area contributed by atoms with E-state index in [1.54, 1.807) is 0 Å². The van der Waals surface area contributed by atoms with Crippen molar-refractivity contribution in [3.63, 3.8) is 0 Å². The van der Waals surface area contributed by atoms with Gasteiger partial charge in [0.05, 0.1) is 42.8 Å². The van der Waals surface area contributed by atoms with Crippen LogP contribution in [0.4, 0.5) is 0 Å². The Morgan fingerprint density at radius 3 is 1.37 bits per heavy atom. The number of likely N-dealkylation sites (tertiary alicyclic amines) is 1. The number of Topliss-reactive ketones (excluding diaryl/α,β-unsaturated/α-hetero) is 1. The summed E-state index contributed by atoms with van der Waals surface area (Å²) in [5.41, 5.74) is 0. The molecule has 12 heteroatoms. The van der Waals surface area contributed by atoms with Crippen LogP contribution in [-0.2, 0) is 42.9 Å². The van der Waals surface area contributed by atoms with Crippen molar-refractivity contribution >= 4 is 53.2 Å². The number of rotatable bonds is 51. The molecule has 0 aromatic heterocycles. The van der Waals surface area contributed by atoms with E-state index in [0.29, 0.717) is 50.9 Å². The number of thioether (sulfide) groups is 2. The van der Waals surface area contributed by atoms with E-state index in [0.717, 1.165) is 90.3 Å². The van der Waals surface area contributed by atoms with Crippen LogP contribution >= 0.6 is 23.5 Å². The van der Waals surface area contributed by atoms with Crippen LogP contribution in [0.25, 0.3) is 0 Å². The minimum Gasteiger partial charge on any atom is -0.465 e. The Hall–Kier alpha value is -2.83. The van der Waals surface area contributed by atoms with Crippen LogP contribution in [0.2, 0.25) is 0 Å². The van der Waals surface area contributed by atoms with Gasteiger partial charge >= 0.3 is 23.9 Å². The van der Waals surface area contributed by atoms with Crippen molar-refractivity contribution in [2.75, 3.05) is 62.5 Å². The van der Waals surface area contributed by atoms with E-state index in [1.165, 1.54) is 126 Å².